The summed E-state index contributed by atoms with van der Waals surface area (Å²) in [6, 6.07) is 28.7. The molecule has 15 heteroatoms. The molecule has 2 aromatic heterocycles. The van der Waals surface area contributed by atoms with Crippen LogP contribution in [0.15, 0.2) is 132 Å². The number of rotatable bonds is 11. The second-order valence-corrected chi connectivity index (χ2v) is 14.0. The number of alkyl halides is 1. The molecule has 0 saturated heterocycles. The number of nitriles is 2. The number of carbonyl (C=O) groups excluding carboxylic acids is 2. The van der Waals surface area contributed by atoms with Gasteiger partial charge in [0, 0.05) is 44.9 Å². The van der Waals surface area contributed by atoms with E-state index >= 15 is 0 Å². The Kier molecular flexibility index (Phi) is 16.2. The van der Waals surface area contributed by atoms with Crippen molar-refractivity contribution in [2.75, 3.05) is 5.33 Å². The maximum absolute atomic E-state index is 12.4. The molecule has 0 amide bonds. The number of hydrogen-bond donors (Lipinski definition) is 0. The molecule has 4 aromatic carbocycles. The van der Waals surface area contributed by atoms with Gasteiger partial charge in [0.05, 0.1) is 40.8 Å². The highest BCUT2D eigenvalue weighted by atomic mass is 79.9. The van der Waals surface area contributed by atoms with E-state index in [1.807, 2.05) is 60.7 Å². The number of benzene rings is 4. The van der Waals surface area contributed by atoms with Crippen molar-refractivity contribution in [2.45, 2.75) is 13.1 Å². The average Bonchev–Trinajstić information content (AvgIpc) is 3.83. The summed E-state index contributed by atoms with van der Waals surface area (Å²) in [5, 5.41) is 18.3. The minimum Gasteiger partial charge on any atom is -0.457 e. The molecule has 0 aliphatic carbocycles. The zero-order valence-corrected chi connectivity index (χ0v) is 34.3. The van der Waals surface area contributed by atoms with Crippen LogP contribution in [-0.2, 0) is 13.1 Å². The molecule has 0 spiro atoms. The predicted molar refractivity (Wildman–Crippen MR) is 218 cm³/mol. The molecule has 54 heavy (non-hydrogen) atoms. The lowest BCUT2D eigenvalue weighted by Crippen LogP contribution is -2.11. The van der Waals surface area contributed by atoms with E-state index in [2.05, 4.69) is 64.3 Å². The van der Waals surface area contributed by atoms with Crippen molar-refractivity contribution < 1.29 is 19.1 Å². The lowest BCUT2D eigenvalue weighted by molar-refractivity contribution is 0.0970. The number of nitrogens with zero attached hydrogens (tertiary/aromatic N) is 6. The Morgan fingerprint density at radius 2 is 1.30 bits per heavy atom. The lowest BCUT2D eigenvalue weighted by Gasteiger charge is -2.09. The fourth-order valence-corrected chi connectivity index (χ4v) is 5.75. The third kappa shape index (κ3) is 12.5. The standard InChI is InChI=1S/C18H11BrClN3O2.C14H9Br2ClO2.C7H7N3/c19-12-1-3-14(4-2-12)25-15-5-6-16(17(20)7-15)18(24)10-23-11-22-9-13(23)8-21;15-8-14(18)12-6-5-11(7-13(12)17)19-10-3-1-9(16)2-4-10;1-2-3-10-5-7(4-8)9-6-10/h1-7,9,11H,10H2;1-7H,8H2;2,5-6H,1,3H2. The van der Waals surface area contributed by atoms with Crippen LogP contribution in [0.5, 0.6) is 23.0 Å². The van der Waals surface area contributed by atoms with E-state index in [4.69, 9.17) is 43.2 Å². The normalized spacial score (nSPS) is 9.98. The third-order valence-electron chi connectivity index (χ3n) is 6.93. The Labute approximate surface area is 346 Å². The van der Waals surface area contributed by atoms with E-state index in [0.29, 0.717) is 62.1 Å². The quantitative estimate of drug-likeness (QED) is 0.0711. The summed E-state index contributed by atoms with van der Waals surface area (Å²) in [4.78, 5) is 31.7. The smallest absolute Gasteiger partial charge is 0.184 e. The number of allylic oxidation sites excluding steroid dienone is 1. The first-order valence-electron chi connectivity index (χ1n) is 15.5. The van der Waals surface area contributed by atoms with E-state index in [0.717, 1.165) is 8.95 Å². The van der Waals surface area contributed by atoms with Gasteiger partial charge in [-0.25, -0.2) is 9.97 Å². The first-order chi connectivity index (χ1) is 26.0. The van der Waals surface area contributed by atoms with Crippen LogP contribution in [0.1, 0.15) is 32.1 Å². The monoisotopic (exact) mass is 950 g/mol. The molecule has 0 fully saturated rings. The maximum atomic E-state index is 12.4. The fourth-order valence-electron chi connectivity index (χ4n) is 4.37. The molecule has 0 atom stereocenters. The van der Waals surface area contributed by atoms with E-state index in [9.17, 15) is 9.59 Å². The SMILES string of the molecule is C=CCn1cnc(C#N)c1.N#Cc1cncn1CC(=O)c1ccc(Oc2ccc(Br)cc2)cc1Cl.O=C(CBr)c1ccc(Oc2ccc(Br)cc2)cc1Cl. The Hall–Kier alpha value is -5.02. The molecule has 0 saturated carbocycles. The molecule has 0 unspecified atom stereocenters. The number of halogens is 5. The van der Waals surface area contributed by atoms with Crippen molar-refractivity contribution in [3.05, 3.63) is 164 Å². The zero-order valence-electron chi connectivity index (χ0n) is 28.0. The first kappa shape index (κ1) is 41.7. The molecule has 0 aliphatic rings. The highest BCUT2D eigenvalue weighted by molar-refractivity contribution is 9.10. The summed E-state index contributed by atoms with van der Waals surface area (Å²) in [6.07, 6.45) is 7.89. The largest absolute Gasteiger partial charge is 0.457 e. The Morgan fingerprint density at radius 1 is 0.778 bits per heavy atom. The van der Waals surface area contributed by atoms with Gasteiger partial charge < -0.3 is 18.6 Å². The van der Waals surface area contributed by atoms with Crippen molar-refractivity contribution in [3.63, 3.8) is 0 Å². The van der Waals surface area contributed by atoms with Crippen molar-refractivity contribution in [2.24, 2.45) is 0 Å². The number of hydrogen-bond acceptors (Lipinski definition) is 8. The average molecular weight is 954 g/mol. The van der Waals surface area contributed by atoms with Crippen molar-refractivity contribution in [1.29, 1.82) is 10.5 Å². The van der Waals surface area contributed by atoms with Gasteiger partial charge in [0.25, 0.3) is 0 Å². The van der Waals surface area contributed by atoms with Gasteiger partial charge in [0.15, 0.2) is 17.3 Å². The predicted octanol–water partition coefficient (Wildman–Crippen LogP) is 11.3. The number of Topliss-reactive ketones (excluding diaryl/α,β-unsaturated/α-hetero) is 2. The molecule has 0 bridgehead atoms. The van der Waals surface area contributed by atoms with Crippen molar-refractivity contribution in [3.8, 4) is 35.1 Å². The zero-order chi connectivity index (χ0) is 39.0. The summed E-state index contributed by atoms with van der Waals surface area (Å²) in [5.41, 5.74) is 1.62. The Balaban J connectivity index is 0.000000197. The molecule has 6 aromatic rings. The molecule has 2 heterocycles. The van der Waals surface area contributed by atoms with Crippen LogP contribution < -0.4 is 9.47 Å². The summed E-state index contributed by atoms with van der Waals surface area (Å²) in [5.74, 6) is 2.23. The molecule has 0 N–H and O–H groups in total. The topological polar surface area (TPSA) is 136 Å². The van der Waals surface area contributed by atoms with Crippen molar-refractivity contribution in [1.82, 2.24) is 19.1 Å². The minimum absolute atomic E-state index is 0.00444. The van der Waals surface area contributed by atoms with Gasteiger partial charge in [-0.2, -0.15) is 10.5 Å². The van der Waals surface area contributed by atoms with Crippen LogP contribution >= 0.6 is 71.0 Å². The highest BCUT2D eigenvalue weighted by Gasteiger charge is 2.14. The van der Waals surface area contributed by atoms with Crippen LogP contribution in [0.3, 0.4) is 0 Å². The third-order valence-corrected chi connectivity index (χ3v) is 9.12. The van der Waals surface area contributed by atoms with Crippen LogP contribution in [0, 0.1) is 22.7 Å². The summed E-state index contributed by atoms with van der Waals surface area (Å²) < 4.78 is 16.6. The Bertz CT molecular complexity index is 2310. The van der Waals surface area contributed by atoms with Gasteiger partial charge in [0.1, 0.15) is 40.8 Å². The highest BCUT2D eigenvalue weighted by Crippen LogP contribution is 2.29. The van der Waals surface area contributed by atoms with Gasteiger partial charge in [-0.1, -0.05) is 77.1 Å². The molecule has 272 valence electrons. The second-order valence-electron chi connectivity index (χ2n) is 10.8. The van der Waals surface area contributed by atoms with E-state index in [1.165, 1.54) is 17.1 Å². The van der Waals surface area contributed by atoms with Crippen LogP contribution in [0.2, 0.25) is 10.0 Å². The number of ketones is 2. The second kappa shape index (κ2) is 21.0. The molecular formula is C39H27Br3Cl2N6O4. The van der Waals surface area contributed by atoms with Crippen LogP contribution in [-0.4, -0.2) is 36.0 Å². The van der Waals surface area contributed by atoms with Crippen molar-refractivity contribution >= 4 is 82.6 Å². The molecule has 10 nitrogen and oxygen atoms in total. The number of carbonyl (C=O) groups is 2. The number of ether oxygens (including phenoxy) is 2. The van der Waals surface area contributed by atoms with E-state index < -0.39 is 0 Å². The molecule has 6 rings (SSSR count). The van der Waals surface area contributed by atoms with Gasteiger partial charge >= 0.3 is 0 Å². The van der Waals surface area contributed by atoms with E-state index in [-0.39, 0.29) is 23.4 Å². The van der Waals surface area contributed by atoms with Gasteiger partial charge in [-0.05, 0) is 72.8 Å². The van der Waals surface area contributed by atoms with Crippen LogP contribution in [0.4, 0.5) is 0 Å². The van der Waals surface area contributed by atoms with Gasteiger partial charge in [0.2, 0.25) is 0 Å². The summed E-state index contributed by atoms with van der Waals surface area (Å²) in [6.45, 7) is 4.26. The summed E-state index contributed by atoms with van der Waals surface area (Å²) >= 11 is 22.1. The minimum atomic E-state index is -0.213. The van der Waals surface area contributed by atoms with E-state index in [1.54, 1.807) is 59.6 Å². The molecule has 0 aliphatic heterocycles. The van der Waals surface area contributed by atoms with Crippen LogP contribution in [0.25, 0.3) is 0 Å². The lowest BCUT2D eigenvalue weighted by atomic mass is 10.1. The number of aromatic nitrogens is 4. The fraction of sp³-hybridized carbons (Fsp3) is 0.0769. The van der Waals surface area contributed by atoms with Gasteiger partial charge in [-0.15, -0.1) is 6.58 Å². The Morgan fingerprint density at radius 3 is 1.74 bits per heavy atom. The molecule has 0 radical (unpaired) electrons. The summed E-state index contributed by atoms with van der Waals surface area (Å²) in [7, 11) is 0. The maximum Gasteiger partial charge on any atom is 0.184 e. The number of imidazole rings is 2. The van der Waals surface area contributed by atoms with Gasteiger partial charge in [-0.3, -0.25) is 9.59 Å². The first-order valence-corrected chi connectivity index (χ1v) is 19.0. The molecular weight excluding hydrogens is 927 g/mol.